The van der Waals surface area contributed by atoms with Crippen LogP contribution in [-0.2, 0) is 14.6 Å². The number of amides is 1. The largest absolute Gasteiger partial charge is 0.356 e. The molecule has 2 aromatic rings. The predicted molar refractivity (Wildman–Crippen MR) is 97.1 cm³/mol. The normalized spacial score (nSPS) is 22.7. The molecule has 4 heterocycles. The van der Waals surface area contributed by atoms with Crippen LogP contribution >= 0.6 is 0 Å². The third-order valence-electron chi connectivity index (χ3n) is 5.06. The van der Waals surface area contributed by atoms with Crippen molar-refractivity contribution in [1.29, 1.82) is 0 Å². The zero-order chi connectivity index (χ0) is 18.9. The molecule has 11 heteroatoms. The third kappa shape index (κ3) is 4.07. The van der Waals surface area contributed by atoms with Crippen LogP contribution in [0.4, 0.5) is 5.82 Å². The average Bonchev–Trinajstić information content (AvgIpc) is 3.32. The van der Waals surface area contributed by atoms with E-state index in [2.05, 4.69) is 30.3 Å². The van der Waals surface area contributed by atoms with Crippen LogP contribution in [0.2, 0.25) is 0 Å². The summed E-state index contributed by atoms with van der Waals surface area (Å²) in [5.41, 5.74) is 0. The fourth-order valence-electron chi connectivity index (χ4n) is 3.56. The molecule has 0 saturated carbocycles. The second-order valence-corrected chi connectivity index (χ2v) is 9.17. The average molecular weight is 391 g/mol. The first kappa shape index (κ1) is 17.8. The summed E-state index contributed by atoms with van der Waals surface area (Å²) in [6.45, 7) is 1.41. The fraction of sp³-hybridized carbons (Fsp3) is 0.562. The molecule has 2 fully saturated rings. The van der Waals surface area contributed by atoms with Crippen molar-refractivity contribution in [3.05, 3.63) is 25.0 Å². The Hall–Kier alpha value is -2.56. The Morgan fingerprint density at radius 3 is 2.56 bits per heavy atom. The molecule has 0 aliphatic carbocycles. The molecule has 144 valence electrons. The van der Waals surface area contributed by atoms with Gasteiger partial charge in [-0.05, 0) is 19.3 Å². The minimum atomic E-state index is -2.99. The first-order valence-corrected chi connectivity index (χ1v) is 10.7. The number of carbonyl (C=O) groups is 1. The molecule has 2 aliphatic rings. The lowest BCUT2D eigenvalue weighted by atomic mass is 9.95. The summed E-state index contributed by atoms with van der Waals surface area (Å²) >= 11 is 0. The summed E-state index contributed by atoms with van der Waals surface area (Å²) in [6.07, 6.45) is 6.43. The van der Waals surface area contributed by atoms with E-state index < -0.39 is 9.84 Å². The van der Waals surface area contributed by atoms with Gasteiger partial charge in [0.05, 0.1) is 11.5 Å². The molecule has 4 rings (SSSR count). The lowest BCUT2D eigenvalue weighted by Gasteiger charge is -2.32. The first-order chi connectivity index (χ1) is 13.0. The van der Waals surface area contributed by atoms with Gasteiger partial charge in [-0.25, -0.2) is 28.1 Å². The monoisotopic (exact) mass is 391 g/mol. The number of sulfone groups is 1. The van der Waals surface area contributed by atoms with Crippen molar-refractivity contribution >= 4 is 21.6 Å². The minimum Gasteiger partial charge on any atom is -0.356 e. The highest BCUT2D eigenvalue weighted by Gasteiger charge is 2.32. The number of hydrogen-bond acceptors (Lipinski definition) is 8. The molecule has 0 bridgehead atoms. The quantitative estimate of drug-likeness (QED) is 0.745. The van der Waals surface area contributed by atoms with Gasteiger partial charge >= 0.3 is 0 Å². The molecule has 2 saturated heterocycles. The van der Waals surface area contributed by atoms with Gasteiger partial charge in [0.2, 0.25) is 5.91 Å². The van der Waals surface area contributed by atoms with Crippen molar-refractivity contribution in [1.82, 2.24) is 30.0 Å². The summed E-state index contributed by atoms with van der Waals surface area (Å²) in [4.78, 5) is 27.0. The highest BCUT2D eigenvalue weighted by molar-refractivity contribution is 7.91. The topological polar surface area (TPSA) is 123 Å². The van der Waals surface area contributed by atoms with Crippen LogP contribution in [0, 0.1) is 5.92 Å². The molecule has 0 spiro atoms. The van der Waals surface area contributed by atoms with Crippen LogP contribution in [0.1, 0.15) is 19.3 Å². The minimum absolute atomic E-state index is 0.0391. The molecular weight excluding hydrogens is 370 g/mol. The maximum absolute atomic E-state index is 12.4. The smallest absolute Gasteiger partial charge is 0.223 e. The van der Waals surface area contributed by atoms with Gasteiger partial charge in [-0.3, -0.25) is 4.79 Å². The Kier molecular flexibility index (Phi) is 4.77. The molecular formula is C16H21N7O3S. The summed E-state index contributed by atoms with van der Waals surface area (Å²) in [6, 6.07) is 1.60. The van der Waals surface area contributed by atoms with Crippen molar-refractivity contribution in [2.45, 2.75) is 25.3 Å². The van der Waals surface area contributed by atoms with Crippen LogP contribution < -0.4 is 10.2 Å². The van der Waals surface area contributed by atoms with E-state index in [-0.39, 0.29) is 29.4 Å². The van der Waals surface area contributed by atoms with E-state index in [9.17, 15) is 13.2 Å². The van der Waals surface area contributed by atoms with Crippen LogP contribution in [-0.4, -0.2) is 69.7 Å². The number of aromatic nitrogens is 5. The van der Waals surface area contributed by atoms with Crippen molar-refractivity contribution in [2.75, 3.05) is 29.5 Å². The predicted octanol–water partition coefficient (Wildman–Crippen LogP) is -0.423. The van der Waals surface area contributed by atoms with Crippen molar-refractivity contribution in [3.8, 4) is 5.82 Å². The van der Waals surface area contributed by atoms with Gasteiger partial charge in [0.15, 0.2) is 15.7 Å². The Labute approximate surface area is 156 Å². The summed E-state index contributed by atoms with van der Waals surface area (Å²) in [5, 5.41) is 6.97. The van der Waals surface area contributed by atoms with Gasteiger partial charge in [0.25, 0.3) is 0 Å². The molecule has 27 heavy (non-hydrogen) atoms. The highest BCUT2D eigenvalue weighted by atomic mass is 32.2. The molecule has 0 aromatic carbocycles. The highest BCUT2D eigenvalue weighted by Crippen LogP contribution is 2.23. The second-order valence-electron chi connectivity index (χ2n) is 6.94. The van der Waals surface area contributed by atoms with Gasteiger partial charge in [-0.2, -0.15) is 5.10 Å². The van der Waals surface area contributed by atoms with Gasteiger partial charge in [0.1, 0.15) is 24.8 Å². The molecule has 2 aliphatic heterocycles. The van der Waals surface area contributed by atoms with Crippen molar-refractivity contribution in [3.63, 3.8) is 0 Å². The summed E-state index contributed by atoms with van der Waals surface area (Å²) in [5.74, 6) is 1.52. The van der Waals surface area contributed by atoms with E-state index in [0.29, 0.717) is 38.2 Å². The van der Waals surface area contributed by atoms with Gasteiger partial charge < -0.3 is 10.2 Å². The van der Waals surface area contributed by atoms with Gasteiger partial charge in [-0.1, -0.05) is 0 Å². The number of rotatable bonds is 4. The van der Waals surface area contributed by atoms with E-state index in [0.717, 1.165) is 5.82 Å². The Morgan fingerprint density at radius 2 is 1.89 bits per heavy atom. The van der Waals surface area contributed by atoms with Crippen LogP contribution in [0.5, 0.6) is 0 Å². The lowest BCUT2D eigenvalue weighted by molar-refractivity contribution is -0.126. The zero-order valence-electron chi connectivity index (χ0n) is 14.7. The van der Waals surface area contributed by atoms with Crippen molar-refractivity contribution < 1.29 is 13.2 Å². The van der Waals surface area contributed by atoms with Gasteiger partial charge in [-0.15, -0.1) is 0 Å². The number of hydrogen-bond donors (Lipinski definition) is 1. The number of anilines is 1. The molecule has 0 radical (unpaired) electrons. The van der Waals surface area contributed by atoms with Gasteiger partial charge in [0, 0.05) is 31.1 Å². The van der Waals surface area contributed by atoms with Crippen molar-refractivity contribution in [2.24, 2.45) is 5.92 Å². The molecule has 1 N–H and O–H groups in total. The Bertz CT molecular complexity index is 908. The molecule has 2 aromatic heterocycles. The molecule has 10 nitrogen and oxygen atoms in total. The molecule has 1 amide bonds. The first-order valence-electron chi connectivity index (χ1n) is 8.93. The summed E-state index contributed by atoms with van der Waals surface area (Å²) < 4.78 is 24.6. The Morgan fingerprint density at radius 1 is 1.11 bits per heavy atom. The van der Waals surface area contributed by atoms with E-state index in [4.69, 9.17) is 0 Å². The van der Waals surface area contributed by atoms with Crippen LogP contribution in [0.25, 0.3) is 5.82 Å². The zero-order valence-corrected chi connectivity index (χ0v) is 15.5. The summed E-state index contributed by atoms with van der Waals surface area (Å²) in [7, 11) is -2.99. The maximum Gasteiger partial charge on any atom is 0.223 e. The standard InChI is InChI=1S/C16H21N7O3S/c24-16(21-13-3-6-27(25,26)8-13)12-1-4-22(5-2-12)14-7-15(19-10-18-14)23-11-17-9-20-23/h7,9-13H,1-6,8H2,(H,21,24)/t13-/m0/s1. The van der Waals surface area contributed by atoms with E-state index >= 15 is 0 Å². The van der Waals surface area contributed by atoms with Crippen LogP contribution in [0.15, 0.2) is 25.0 Å². The number of piperidine rings is 1. The number of nitrogens with zero attached hydrogens (tertiary/aromatic N) is 6. The molecule has 1 atom stereocenters. The van der Waals surface area contributed by atoms with E-state index in [1.54, 1.807) is 11.0 Å². The number of nitrogens with one attached hydrogen (secondary N) is 1. The Balaban J connectivity index is 1.34. The van der Waals surface area contributed by atoms with E-state index in [1.807, 2.05) is 6.07 Å². The number of carbonyl (C=O) groups excluding carboxylic acids is 1. The van der Waals surface area contributed by atoms with E-state index in [1.165, 1.54) is 12.7 Å². The maximum atomic E-state index is 12.4. The fourth-order valence-corrected chi connectivity index (χ4v) is 5.23. The third-order valence-corrected chi connectivity index (χ3v) is 6.83. The lowest BCUT2D eigenvalue weighted by Crippen LogP contribution is -2.44. The SMILES string of the molecule is O=C(N[C@H]1CCS(=O)(=O)C1)C1CCN(c2cc(-n3cncn3)ncn2)CC1. The molecule has 0 unspecified atom stereocenters. The van der Waals surface area contributed by atoms with Crippen LogP contribution in [0.3, 0.4) is 0 Å². The second kappa shape index (κ2) is 7.22.